The van der Waals surface area contributed by atoms with Gasteiger partial charge in [-0.1, -0.05) is 41.4 Å². The van der Waals surface area contributed by atoms with Crippen LogP contribution in [0.4, 0.5) is 4.79 Å². The molecular formula is C22H19Cl2N3O3. The normalized spacial score (nSPS) is 17.7. The summed E-state index contributed by atoms with van der Waals surface area (Å²) >= 11 is 12.2. The van der Waals surface area contributed by atoms with Gasteiger partial charge in [0, 0.05) is 32.5 Å². The summed E-state index contributed by atoms with van der Waals surface area (Å²) in [6.45, 7) is 1.85. The topological polar surface area (TPSA) is 73.6 Å². The lowest BCUT2D eigenvalue weighted by molar-refractivity contribution is 0.00313. The van der Waals surface area contributed by atoms with Gasteiger partial charge in [0.2, 0.25) is 0 Å². The van der Waals surface area contributed by atoms with Crippen molar-refractivity contribution >= 4 is 35.2 Å². The number of rotatable bonds is 3. The highest BCUT2D eigenvalue weighted by Crippen LogP contribution is 2.35. The molecule has 2 heterocycles. The van der Waals surface area contributed by atoms with Gasteiger partial charge in [-0.15, -0.1) is 0 Å². The van der Waals surface area contributed by atoms with Crippen LogP contribution in [-0.2, 0) is 11.3 Å². The predicted molar refractivity (Wildman–Crippen MR) is 112 cm³/mol. The van der Waals surface area contributed by atoms with E-state index in [0.29, 0.717) is 55.2 Å². The van der Waals surface area contributed by atoms with Crippen molar-refractivity contribution in [3.8, 4) is 6.07 Å². The number of carbonyl (C=O) groups is 2. The molecular weight excluding hydrogens is 425 g/mol. The first-order valence-corrected chi connectivity index (χ1v) is 10.4. The molecule has 0 N–H and O–H groups in total. The van der Waals surface area contributed by atoms with E-state index in [1.807, 2.05) is 12.1 Å². The first-order valence-electron chi connectivity index (χ1n) is 9.61. The second-order valence-electron chi connectivity index (χ2n) is 7.61. The van der Waals surface area contributed by atoms with E-state index in [-0.39, 0.29) is 17.0 Å². The van der Waals surface area contributed by atoms with Crippen molar-refractivity contribution in [1.82, 2.24) is 9.80 Å². The van der Waals surface area contributed by atoms with Gasteiger partial charge in [-0.3, -0.25) is 9.69 Å². The number of amides is 2. The second kappa shape index (κ2) is 8.17. The zero-order valence-electron chi connectivity index (χ0n) is 16.1. The molecule has 2 aromatic carbocycles. The summed E-state index contributed by atoms with van der Waals surface area (Å²) in [4.78, 5) is 28.7. The van der Waals surface area contributed by atoms with Gasteiger partial charge in [0.15, 0.2) is 0 Å². The van der Waals surface area contributed by atoms with Gasteiger partial charge < -0.3 is 9.64 Å². The summed E-state index contributed by atoms with van der Waals surface area (Å²) < 4.78 is 5.75. The van der Waals surface area contributed by atoms with Crippen molar-refractivity contribution in [3.63, 3.8) is 0 Å². The summed E-state index contributed by atoms with van der Waals surface area (Å²) in [5, 5.41) is 9.51. The maximum atomic E-state index is 12.8. The van der Waals surface area contributed by atoms with Crippen LogP contribution in [0.3, 0.4) is 0 Å². The Labute approximate surface area is 184 Å². The number of nitriles is 1. The van der Waals surface area contributed by atoms with Crippen LogP contribution < -0.4 is 0 Å². The molecule has 30 heavy (non-hydrogen) atoms. The van der Waals surface area contributed by atoms with Crippen molar-refractivity contribution < 1.29 is 14.3 Å². The van der Waals surface area contributed by atoms with E-state index in [2.05, 4.69) is 6.07 Å². The number of hydrogen-bond donors (Lipinski definition) is 0. The van der Waals surface area contributed by atoms with Gasteiger partial charge in [0.1, 0.15) is 5.60 Å². The largest absolute Gasteiger partial charge is 0.441 e. The molecule has 0 radical (unpaired) electrons. The van der Waals surface area contributed by atoms with Crippen molar-refractivity contribution in [1.29, 1.82) is 5.26 Å². The molecule has 4 rings (SSSR count). The number of carbonyl (C=O) groups excluding carboxylic acids is 2. The molecule has 0 atom stereocenters. The molecule has 2 aliphatic rings. The Morgan fingerprint density at radius 1 is 1.13 bits per heavy atom. The minimum atomic E-state index is -0.585. The lowest BCUT2D eigenvalue weighted by Crippen LogP contribution is -2.48. The van der Waals surface area contributed by atoms with E-state index in [1.165, 1.54) is 0 Å². The Hall–Kier alpha value is -2.75. The Kier molecular flexibility index (Phi) is 5.59. The molecule has 8 heteroatoms. The number of likely N-dealkylation sites (tertiary alicyclic amines) is 1. The van der Waals surface area contributed by atoms with E-state index in [4.69, 9.17) is 33.2 Å². The molecule has 2 saturated heterocycles. The van der Waals surface area contributed by atoms with E-state index in [0.717, 1.165) is 5.56 Å². The minimum Gasteiger partial charge on any atom is -0.441 e. The molecule has 154 valence electrons. The Morgan fingerprint density at radius 3 is 2.50 bits per heavy atom. The lowest BCUT2D eigenvalue weighted by atomic mass is 9.91. The standard InChI is InChI=1S/C22H19Cl2N3O3/c23-18-3-1-2-17(19(18)24)20(28)26-10-8-22(9-11-26)14-27(21(29)30-22)13-16-6-4-15(12-25)5-7-16/h1-7H,8-11,13-14H2. The zero-order valence-corrected chi connectivity index (χ0v) is 17.6. The molecule has 0 aromatic heterocycles. The van der Waals surface area contributed by atoms with E-state index in [1.54, 1.807) is 40.1 Å². The van der Waals surface area contributed by atoms with Gasteiger partial charge in [-0.2, -0.15) is 5.26 Å². The fraction of sp³-hybridized carbons (Fsp3) is 0.318. The molecule has 0 bridgehead atoms. The van der Waals surface area contributed by atoms with Crippen molar-refractivity contribution in [3.05, 3.63) is 69.2 Å². The molecule has 0 aliphatic carbocycles. The third kappa shape index (κ3) is 3.96. The van der Waals surface area contributed by atoms with E-state index < -0.39 is 5.60 Å². The molecule has 0 unspecified atom stereocenters. The van der Waals surface area contributed by atoms with Crippen LogP contribution >= 0.6 is 23.2 Å². The van der Waals surface area contributed by atoms with Gasteiger partial charge >= 0.3 is 6.09 Å². The molecule has 2 aromatic rings. The molecule has 6 nitrogen and oxygen atoms in total. The third-order valence-electron chi connectivity index (χ3n) is 5.64. The maximum Gasteiger partial charge on any atom is 0.410 e. The van der Waals surface area contributed by atoms with Crippen LogP contribution in [-0.4, -0.2) is 47.0 Å². The first-order chi connectivity index (χ1) is 14.4. The molecule has 2 aliphatic heterocycles. The average molecular weight is 444 g/mol. The first kappa shape index (κ1) is 20.5. The Morgan fingerprint density at radius 2 is 1.83 bits per heavy atom. The van der Waals surface area contributed by atoms with Gasteiger partial charge in [0.05, 0.1) is 33.8 Å². The smallest absolute Gasteiger partial charge is 0.410 e. The highest BCUT2D eigenvalue weighted by Gasteiger charge is 2.47. The highest BCUT2D eigenvalue weighted by molar-refractivity contribution is 6.43. The second-order valence-corrected chi connectivity index (χ2v) is 8.39. The average Bonchev–Trinajstić information content (AvgIpc) is 3.05. The summed E-state index contributed by atoms with van der Waals surface area (Å²) in [5.74, 6) is -0.170. The number of hydrogen-bond acceptors (Lipinski definition) is 4. The number of ether oxygens (including phenoxy) is 1. The predicted octanol–water partition coefficient (Wildman–Crippen LogP) is 4.49. The van der Waals surface area contributed by atoms with Gasteiger partial charge in [-0.05, 0) is 29.8 Å². The fourth-order valence-corrected chi connectivity index (χ4v) is 4.32. The van der Waals surface area contributed by atoms with Gasteiger partial charge in [-0.25, -0.2) is 4.79 Å². The highest BCUT2D eigenvalue weighted by atomic mass is 35.5. The van der Waals surface area contributed by atoms with Crippen LogP contribution in [0.5, 0.6) is 0 Å². The van der Waals surface area contributed by atoms with Crippen LogP contribution in [0.25, 0.3) is 0 Å². The molecule has 0 saturated carbocycles. The third-order valence-corrected chi connectivity index (χ3v) is 6.46. The zero-order chi connectivity index (χ0) is 21.3. The van der Waals surface area contributed by atoms with Crippen molar-refractivity contribution in [2.24, 2.45) is 0 Å². The van der Waals surface area contributed by atoms with Crippen LogP contribution in [0.2, 0.25) is 10.0 Å². The van der Waals surface area contributed by atoms with Crippen LogP contribution in [0, 0.1) is 11.3 Å². The molecule has 2 fully saturated rings. The Bertz CT molecular complexity index is 1020. The van der Waals surface area contributed by atoms with E-state index in [9.17, 15) is 9.59 Å². The van der Waals surface area contributed by atoms with Crippen LogP contribution in [0.15, 0.2) is 42.5 Å². The number of piperidine rings is 1. The maximum absolute atomic E-state index is 12.8. The van der Waals surface area contributed by atoms with Crippen LogP contribution in [0.1, 0.15) is 34.3 Å². The van der Waals surface area contributed by atoms with Crippen molar-refractivity contribution in [2.75, 3.05) is 19.6 Å². The Balaban J connectivity index is 1.39. The SMILES string of the molecule is N#Cc1ccc(CN2CC3(CCN(C(=O)c4cccc(Cl)c4Cl)CC3)OC2=O)cc1. The summed E-state index contributed by atoms with van der Waals surface area (Å²) in [7, 11) is 0. The molecule has 2 amide bonds. The quantitative estimate of drug-likeness (QED) is 0.699. The lowest BCUT2D eigenvalue weighted by Gasteiger charge is -2.37. The fourth-order valence-electron chi connectivity index (χ4n) is 3.94. The summed E-state index contributed by atoms with van der Waals surface area (Å²) in [6.07, 6.45) is 0.774. The number of nitrogens with zero attached hydrogens (tertiary/aromatic N) is 3. The molecule has 1 spiro atoms. The minimum absolute atomic E-state index is 0.170. The monoisotopic (exact) mass is 443 g/mol. The number of benzene rings is 2. The number of halogens is 2. The van der Waals surface area contributed by atoms with Gasteiger partial charge in [0.25, 0.3) is 5.91 Å². The van der Waals surface area contributed by atoms with E-state index >= 15 is 0 Å². The summed E-state index contributed by atoms with van der Waals surface area (Å²) in [6, 6.07) is 14.2. The van der Waals surface area contributed by atoms with Crippen molar-refractivity contribution in [2.45, 2.75) is 25.0 Å². The summed E-state index contributed by atoms with van der Waals surface area (Å²) in [5.41, 5.74) is 1.31.